The molecule has 0 bridgehead atoms. The number of nitrogen functional groups attached to an aromatic ring is 1. The number of nitrogens with zero attached hydrogens (tertiary/aromatic N) is 2. The highest BCUT2D eigenvalue weighted by molar-refractivity contribution is 7.10. The third kappa shape index (κ3) is 3.92. The zero-order valence-electron chi connectivity index (χ0n) is 13.3. The van der Waals surface area contributed by atoms with E-state index < -0.39 is 0 Å². The maximum Gasteiger partial charge on any atom is 0.225 e. The van der Waals surface area contributed by atoms with Crippen LogP contribution in [0.15, 0.2) is 23.6 Å². The molecule has 3 rings (SSSR count). The van der Waals surface area contributed by atoms with Crippen LogP contribution in [0, 0.1) is 5.92 Å². The zero-order chi connectivity index (χ0) is 16.4. The number of nitrogens with two attached hydrogens (primary N) is 1. The molecule has 6 nitrogen and oxygen atoms in total. The number of aromatic nitrogens is 2. The summed E-state index contributed by atoms with van der Waals surface area (Å²) in [7, 11) is 0. The van der Waals surface area contributed by atoms with Gasteiger partial charge in [0.2, 0.25) is 11.8 Å². The fourth-order valence-corrected chi connectivity index (χ4v) is 3.64. The molecule has 1 aliphatic carbocycles. The predicted molar refractivity (Wildman–Crippen MR) is 91.6 cm³/mol. The van der Waals surface area contributed by atoms with Gasteiger partial charge >= 0.3 is 0 Å². The summed E-state index contributed by atoms with van der Waals surface area (Å²) in [5.41, 5.74) is 5.79. The maximum absolute atomic E-state index is 9.63. The number of nitrogens with one attached hydrogen (secondary N) is 1. The van der Waals surface area contributed by atoms with Gasteiger partial charge in [-0.25, -0.2) is 0 Å². The number of anilines is 2. The van der Waals surface area contributed by atoms with Gasteiger partial charge in [0.05, 0.1) is 18.2 Å². The molecule has 1 atom stereocenters. The number of rotatable bonds is 6. The van der Waals surface area contributed by atoms with E-state index in [4.69, 9.17) is 10.5 Å². The fourth-order valence-electron chi connectivity index (χ4n) is 2.77. The van der Waals surface area contributed by atoms with E-state index >= 15 is 0 Å². The lowest BCUT2D eigenvalue weighted by atomic mass is 9.77. The highest BCUT2D eigenvalue weighted by Crippen LogP contribution is 2.41. The predicted octanol–water partition coefficient (Wildman–Crippen LogP) is 2.83. The molecule has 2 heterocycles. The van der Waals surface area contributed by atoms with E-state index in [2.05, 4.69) is 26.7 Å². The monoisotopic (exact) mass is 334 g/mol. The number of hydrogen-bond acceptors (Lipinski definition) is 7. The molecule has 0 saturated heterocycles. The highest BCUT2D eigenvalue weighted by atomic mass is 32.1. The van der Waals surface area contributed by atoms with E-state index in [1.54, 1.807) is 17.4 Å². The van der Waals surface area contributed by atoms with Gasteiger partial charge in [-0.1, -0.05) is 6.07 Å². The van der Waals surface area contributed by atoms with Crippen LogP contribution in [-0.2, 0) is 0 Å². The summed E-state index contributed by atoms with van der Waals surface area (Å²) in [5.74, 6) is 1.68. The van der Waals surface area contributed by atoms with Crippen molar-refractivity contribution in [2.75, 3.05) is 11.1 Å². The van der Waals surface area contributed by atoms with Crippen LogP contribution in [0.1, 0.15) is 37.6 Å². The minimum absolute atomic E-state index is 0.0204. The van der Waals surface area contributed by atoms with Gasteiger partial charge in [0.15, 0.2) is 0 Å². The zero-order valence-corrected chi connectivity index (χ0v) is 14.1. The minimum atomic E-state index is -0.195. The number of aliphatic hydroxyl groups excluding tert-OH is 1. The molecule has 23 heavy (non-hydrogen) atoms. The Labute approximate surface area is 139 Å². The third-order valence-corrected chi connectivity index (χ3v) is 4.81. The molecule has 2 aromatic rings. The first-order valence-corrected chi connectivity index (χ1v) is 8.68. The summed E-state index contributed by atoms with van der Waals surface area (Å²) in [6, 6.07) is 6.01. The summed E-state index contributed by atoms with van der Waals surface area (Å²) in [4.78, 5) is 9.60. The summed E-state index contributed by atoms with van der Waals surface area (Å²) in [6.07, 6.45) is 1.42. The first kappa shape index (κ1) is 16.0. The molecule has 4 N–H and O–H groups in total. The first-order chi connectivity index (χ1) is 11.0. The van der Waals surface area contributed by atoms with Crippen molar-refractivity contribution in [1.82, 2.24) is 9.97 Å². The summed E-state index contributed by atoms with van der Waals surface area (Å²) in [6.45, 7) is 3.88. The summed E-state index contributed by atoms with van der Waals surface area (Å²) in [5, 5.41) is 15.1. The van der Waals surface area contributed by atoms with E-state index in [1.165, 1.54) is 4.88 Å². The Morgan fingerprint density at radius 1 is 1.39 bits per heavy atom. The molecule has 0 aliphatic heterocycles. The number of ether oxygens (including phenoxy) is 1. The van der Waals surface area contributed by atoms with Crippen molar-refractivity contribution >= 4 is 23.1 Å². The lowest BCUT2D eigenvalue weighted by Crippen LogP contribution is -2.35. The molecule has 0 spiro atoms. The summed E-state index contributed by atoms with van der Waals surface area (Å²) >= 11 is 1.70. The van der Waals surface area contributed by atoms with Crippen LogP contribution in [-0.4, -0.2) is 27.3 Å². The van der Waals surface area contributed by atoms with Crippen LogP contribution in [0.3, 0.4) is 0 Å². The molecular weight excluding hydrogens is 312 g/mol. The van der Waals surface area contributed by atoms with Gasteiger partial charge in [-0.2, -0.15) is 9.97 Å². The van der Waals surface area contributed by atoms with E-state index in [9.17, 15) is 5.11 Å². The Morgan fingerprint density at radius 3 is 2.78 bits per heavy atom. The average molecular weight is 334 g/mol. The molecule has 2 aromatic heterocycles. The Bertz CT molecular complexity index is 642. The van der Waals surface area contributed by atoms with E-state index in [0.29, 0.717) is 17.6 Å². The normalized spacial score (nSPS) is 21.7. The van der Waals surface area contributed by atoms with Crippen molar-refractivity contribution in [1.29, 1.82) is 0 Å². The topological polar surface area (TPSA) is 93.3 Å². The van der Waals surface area contributed by atoms with Crippen molar-refractivity contribution in [3.63, 3.8) is 0 Å². The molecule has 1 aliphatic rings. The molecule has 1 fully saturated rings. The largest absolute Gasteiger partial charge is 0.475 e. The van der Waals surface area contributed by atoms with E-state index in [-0.39, 0.29) is 24.2 Å². The Balaban J connectivity index is 1.81. The van der Waals surface area contributed by atoms with Gasteiger partial charge in [0.25, 0.3) is 0 Å². The minimum Gasteiger partial charge on any atom is -0.475 e. The maximum atomic E-state index is 9.63. The average Bonchev–Trinajstić information content (AvgIpc) is 2.94. The molecule has 0 amide bonds. The van der Waals surface area contributed by atoms with Gasteiger partial charge in [0.1, 0.15) is 5.82 Å². The van der Waals surface area contributed by atoms with Crippen LogP contribution >= 0.6 is 11.3 Å². The lowest BCUT2D eigenvalue weighted by molar-refractivity contribution is 0.0344. The molecule has 7 heteroatoms. The number of aliphatic hydroxyl groups is 1. The standard InChI is InChI=1S/C16H22N4O2S/c1-9(2)22-14-8-13(19-16(17)20-14)18-15(10-6-11(21)7-10)12-4-3-5-23-12/h3-5,8-11,15,21H,6-7H2,1-2H3,(H3,17,18,19,20)/t10?,11?,15-/m1/s1. The molecule has 124 valence electrons. The Kier molecular flexibility index (Phi) is 4.68. The molecular formula is C16H22N4O2S. The van der Waals surface area contributed by atoms with Crippen molar-refractivity contribution < 1.29 is 9.84 Å². The second-order valence-electron chi connectivity index (χ2n) is 6.14. The van der Waals surface area contributed by atoms with Crippen LogP contribution in [0.2, 0.25) is 0 Å². The Morgan fingerprint density at radius 2 is 2.17 bits per heavy atom. The van der Waals surface area contributed by atoms with Gasteiger partial charge in [-0.05, 0) is 44.1 Å². The van der Waals surface area contributed by atoms with Crippen molar-refractivity contribution in [3.8, 4) is 5.88 Å². The van der Waals surface area contributed by atoms with Crippen LogP contribution < -0.4 is 15.8 Å². The van der Waals surface area contributed by atoms with Gasteiger partial charge < -0.3 is 20.9 Å². The van der Waals surface area contributed by atoms with Crippen LogP contribution in [0.5, 0.6) is 5.88 Å². The quantitative estimate of drug-likeness (QED) is 0.752. The highest BCUT2D eigenvalue weighted by Gasteiger charge is 2.35. The fraction of sp³-hybridized carbons (Fsp3) is 0.500. The third-order valence-electron chi connectivity index (χ3n) is 3.85. The van der Waals surface area contributed by atoms with Crippen LogP contribution in [0.4, 0.5) is 11.8 Å². The second-order valence-corrected chi connectivity index (χ2v) is 7.12. The molecule has 0 aromatic carbocycles. The van der Waals surface area contributed by atoms with Gasteiger partial charge in [-0.3, -0.25) is 0 Å². The molecule has 0 unspecified atom stereocenters. The first-order valence-electron chi connectivity index (χ1n) is 7.80. The van der Waals surface area contributed by atoms with Gasteiger partial charge in [-0.15, -0.1) is 11.3 Å². The molecule has 1 saturated carbocycles. The van der Waals surface area contributed by atoms with E-state index in [1.807, 2.05) is 19.9 Å². The molecule has 0 radical (unpaired) electrons. The van der Waals surface area contributed by atoms with Crippen molar-refractivity contribution in [2.24, 2.45) is 5.92 Å². The number of thiophene rings is 1. The summed E-state index contributed by atoms with van der Waals surface area (Å²) < 4.78 is 5.62. The second kappa shape index (κ2) is 6.72. The Hall–Kier alpha value is -1.86. The van der Waals surface area contributed by atoms with Crippen molar-refractivity contribution in [2.45, 2.75) is 44.9 Å². The number of hydrogen-bond donors (Lipinski definition) is 3. The lowest BCUT2D eigenvalue weighted by Gasteiger charge is -2.37. The van der Waals surface area contributed by atoms with Crippen LogP contribution in [0.25, 0.3) is 0 Å². The SMILES string of the molecule is CC(C)Oc1cc(N[C@@H](c2cccs2)C2CC(O)C2)nc(N)n1. The smallest absolute Gasteiger partial charge is 0.225 e. The van der Waals surface area contributed by atoms with Crippen molar-refractivity contribution in [3.05, 3.63) is 28.5 Å². The van der Waals surface area contributed by atoms with Gasteiger partial charge in [0, 0.05) is 10.9 Å². The van der Waals surface area contributed by atoms with E-state index in [0.717, 1.165) is 12.8 Å².